The van der Waals surface area contributed by atoms with Crippen molar-refractivity contribution < 1.29 is 0 Å². The Balaban J connectivity index is 2.12. The molecule has 1 N–H and O–H groups in total. The van der Waals surface area contributed by atoms with E-state index in [2.05, 4.69) is 15.4 Å². The molecule has 0 amide bonds. The monoisotopic (exact) mass is 236 g/mol. The molecule has 0 atom stereocenters. The van der Waals surface area contributed by atoms with E-state index in [0.29, 0.717) is 11.6 Å². The molecular formula is C11H13ClN4. The molecule has 2 heterocycles. The highest BCUT2D eigenvalue weighted by molar-refractivity contribution is 6.30. The van der Waals surface area contributed by atoms with Crippen molar-refractivity contribution in [2.24, 2.45) is 0 Å². The summed E-state index contributed by atoms with van der Waals surface area (Å²) in [5.41, 5.74) is 2.01. The number of nitrogens with one attached hydrogen (secondary N) is 1. The van der Waals surface area contributed by atoms with Gasteiger partial charge in [-0.25, -0.2) is 0 Å². The third-order valence-corrected chi connectivity index (χ3v) is 2.34. The number of pyridine rings is 1. The lowest BCUT2D eigenvalue weighted by atomic mass is 10.3. The predicted octanol–water partition coefficient (Wildman–Crippen LogP) is 1.70. The van der Waals surface area contributed by atoms with E-state index >= 15 is 0 Å². The second-order valence-electron chi connectivity index (χ2n) is 3.51. The van der Waals surface area contributed by atoms with E-state index in [-0.39, 0.29) is 0 Å². The van der Waals surface area contributed by atoms with Crippen LogP contribution in [0.15, 0.2) is 30.6 Å². The fourth-order valence-corrected chi connectivity index (χ4v) is 1.64. The van der Waals surface area contributed by atoms with Crippen LogP contribution in [0.1, 0.15) is 11.4 Å². The van der Waals surface area contributed by atoms with Gasteiger partial charge in [0.05, 0.1) is 29.2 Å². The molecule has 0 unspecified atom stereocenters. The van der Waals surface area contributed by atoms with E-state index in [4.69, 9.17) is 11.6 Å². The van der Waals surface area contributed by atoms with Crippen LogP contribution in [0.5, 0.6) is 0 Å². The Morgan fingerprint density at radius 1 is 1.38 bits per heavy atom. The van der Waals surface area contributed by atoms with Crippen molar-refractivity contribution in [2.45, 2.75) is 13.1 Å². The molecule has 0 bridgehead atoms. The largest absolute Gasteiger partial charge is 0.314 e. The Kier molecular flexibility index (Phi) is 3.54. The standard InChI is InChI=1S/C11H13ClN4/c1-13-6-10-3-2-4-11(15-10)8-16-7-9(12)5-14-16/h2-5,7,13H,6,8H2,1H3. The molecule has 16 heavy (non-hydrogen) atoms. The Labute approximate surface area is 99.3 Å². The van der Waals surface area contributed by atoms with Crippen LogP contribution in [0.25, 0.3) is 0 Å². The van der Waals surface area contributed by atoms with Crippen molar-refractivity contribution in [3.63, 3.8) is 0 Å². The topological polar surface area (TPSA) is 42.7 Å². The molecule has 0 aliphatic carbocycles. The van der Waals surface area contributed by atoms with Gasteiger partial charge in [0.2, 0.25) is 0 Å². The summed E-state index contributed by atoms with van der Waals surface area (Å²) in [7, 11) is 1.90. The fourth-order valence-electron chi connectivity index (χ4n) is 1.49. The molecule has 84 valence electrons. The average molecular weight is 237 g/mol. The smallest absolute Gasteiger partial charge is 0.0832 e. The van der Waals surface area contributed by atoms with Gasteiger partial charge in [0.1, 0.15) is 0 Å². The van der Waals surface area contributed by atoms with Gasteiger partial charge in [0.25, 0.3) is 0 Å². The number of aromatic nitrogens is 3. The van der Waals surface area contributed by atoms with Gasteiger partial charge in [-0.1, -0.05) is 17.7 Å². The minimum atomic E-state index is 0.643. The molecule has 4 nitrogen and oxygen atoms in total. The van der Waals surface area contributed by atoms with Crippen LogP contribution < -0.4 is 5.32 Å². The van der Waals surface area contributed by atoms with Gasteiger partial charge in [-0.15, -0.1) is 0 Å². The first kappa shape index (κ1) is 11.1. The van der Waals surface area contributed by atoms with Gasteiger partial charge in [0.15, 0.2) is 0 Å². The zero-order valence-corrected chi connectivity index (χ0v) is 9.78. The number of halogens is 1. The lowest BCUT2D eigenvalue weighted by Crippen LogP contribution is -2.09. The van der Waals surface area contributed by atoms with Crippen molar-refractivity contribution in [1.82, 2.24) is 20.1 Å². The van der Waals surface area contributed by atoms with Gasteiger partial charge in [0, 0.05) is 12.7 Å². The molecule has 2 rings (SSSR count). The van der Waals surface area contributed by atoms with Gasteiger partial charge in [-0.2, -0.15) is 5.10 Å². The Hall–Kier alpha value is -1.39. The van der Waals surface area contributed by atoms with Crippen molar-refractivity contribution >= 4 is 11.6 Å². The van der Waals surface area contributed by atoms with E-state index in [0.717, 1.165) is 17.9 Å². The summed E-state index contributed by atoms with van der Waals surface area (Å²) in [6, 6.07) is 5.98. The van der Waals surface area contributed by atoms with Crippen molar-refractivity contribution in [1.29, 1.82) is 0 Å². The molecule has 0 aliphatic rings. The molecule has 0 saturated heterocycles. The molecule has 2 aromatic rings. The van der Waals surface area contributed by atoms with E-state index in [1.165, 1.54) is 0 Å². The van der Waals surface area contributed by atoms with Crippen LogP contribution in [0.3, 0.4) is 0 Å². The average Bonchev–Trinajstić information content (AvgIpc) is 2.65. The van der Waals surface area contributed by atoms with Crippen molar-refractivity contribution in [2.75, 3.05) is 7.05 Å². The third-order valence-electron chi connectivity index (χ3n) is 2.15. The summed E-state index contributed by atoms with van der Waals surface area (Å²) in [6.07, 6.45) is 3.41. The van der Waals surface area contributed by atoms with Crippen LogP contribution in [-0.2, 0) is 13.1 Å². The van der Waals surface area contributed by atoms with Crippen LogP contribution in [0.2, 0.25) is 5.02 Å². The highest BCUT2D eigenvalue weighted by Crippen LogP contribution is 2.07. The lowest BCUT2D eigenvalue weighted by molar-refractivity contribution is 0.665. The highest BCUT2D eigenvalue weighted by Gasteiger charge is 2.00. The van der Waals surface area contributed by atoms with Gasteiger partial charge >= 0.3 is 0 Å². The SMILES string of the molecule is CNCc1cccc(Cn2cc(Cl)cn2)n1. The summed E-state index contributed by atoms with van der Waals surface area (Å²) in [5, 5.41) is 7.83. The zero-order valence-electron chi connectivity index (χ0n) is 9.02. The summed E-state index contributed by atoms with van der Waals surface area (Å²) in [6.45, 7) is 1.41. The van der Waals surface area contributed by atoms with Crippen LogP contribution >= 0.6 is 11.6 Å². The van der Waals surface area contributed by atoms with Gasteiger partial charge in [-0.05, 0) is 19.2 Å². The Morgan fingerprint density at radius 2 is 2.19 bits per heavy atom. The normalized spacial score (nSPS) is 10.6. The third kappa shape index (κ3) is 2.81. The molecule has 0 saturated carbocycles. The van der Waals surface area contributed by atoms with E-state index in [9.17, 15) is 0 Å². The van der Waals surface area contributed by atoms with E-state index < -0.39 is 0 Å². The summed E-state index contributed by atoms with van der Waals surface area (Å²) in [4.78, 5) is 4.50. The Bertz CT molecular complexity index is 467. The molecule has 5 heteroatoms. The van der Waals surface area contributed by atoms with Crippen LogP contribution in [-0.4, -0.2) is 21.8 Å². The minimum absolute atomic E-state index is 0.643. The molecule has 0 aromatic carbocycles. The van der Waals surface area contributed by atoms with Crippen molar-refractivity contribution in [3.05, 3.63) is 47.0 Å². The first-order valence-corrected chi connectivity index (χ1v) is 5.43. The van der Waals surface area contributed by atoms with Crippen molar-refractivity contribution in [3.8, 4) is 0 Å². The molecular weight excluding hydrogens is 224 g/mol. The number of rotatable bonds is 4. The summed E-state index contributed by atoms with van der Waals surface area (Å²) in [5.74, 6) is 0. The maximum Gasteiger partial charge on any atom is 0.0832 e. The molecule has 0 fully saturated rings. The first-order chi connectivity index (χ1) is 7.78. The fraction of sp³-hybridized carbons (Fsp3) is 0.273. The summed E-state index contributed by atoms with van der Waals surface area (Å²) >= 11 is 5.79. The van der Waals surface area contributed by atoms with Crippen LogP contribution in [0.4, 0.5) is 0 Å². The van der Waals surface area contributed by atoms with Gasteiger partial charge in [-0.3, -0.25) is 9.67 Å². The lowest BCUT2D eigenvalue weighted by Gasteiger charge is -2.04. The summed E-state index contributed by atoms with van der Waals surface area (Å²) < 4.78 is 1.77. The molecule has 0 aliphatic heterocycles. The number of hydrogen-bond donors (Lipinski definition) is 1. The predicted molar refractivity (Wildman–Crippen MR) is 63.3 cm³/mol. The second-order valence-corrected chi connectivity index (χ2v) is 3.94. The molecule has 0 spiro atoms. The van der Waals surface area contributed by atoms with E-state index in [1.54, 1.807) is 17.1 Å². The minimum Gasteiger partial charge on any atom is -0.314 e. The zero-order chi connectivity index (χ0) is 11.4. The molecule has 2 aromatic heterocycles. The number of nitrogens with zero attached hydrogens (tertiary/aromatic N) is 3. The highest BCUT2D eigenvalue weighted by atomic mass is 35.5. The second kappa shape index (κ2) is 5.09. The first-order valence-electron chi connectivity index (χ1n) is 5.05. The number of hydrogen-bond acceptors (Lipinski definition) is 3. The Morgan fingerprint density at radius 3 is 2.88 bits per heavy atom. The van der Waals surface area contributed by atoms with E-state index in [1.807, 2.05) is 25.2 Å². The molecule has 0 radical (unpaired) electrons. The maximum atomic E-state index is 5.79. The quantitative estimate of drug-likeness (QED) is 0.879. The van der Waals surface area contributed by atoms with Crippen LogP contribution in [0, 0.1) is 0 Å². The maximum absolute atomic E-state index is 5.79. The van der Waals surface area contributed by atoms with Gasteiger partial charge < -0.3 is 5.32 Å².